The highest BCUT2D eigenvalue weighted by Crippen LogP contribution is 2.24. The van der Waals surface area contributed by atoms with E-state index in [0.29, 0.717) is 0 Å². The molecule has 0 amide bonds. The standard InChI is InChI=1S/C9H18N2O3S2Si/c1-8-10-11-9(16-8)15-6-5-7-17(12-2,13-3)14-4/h5-7H2,1-4H3. The molecular weight excluding hydrogens is 276 g/mol. The molecule has 5 nitrogen and oxygen atoms in total. The molecule has 0 radical (unpaired) electrons. The Morgan fingerprint density at radius 3 is 2.29 bits per heavy atom. The van der Waals surface area contributed by atoms with Gasteiger partial charge in [0.2, 0.25) is 0 Å². The maximum atomic E-state index is 5.35. The fraction of sp³-hybridized carbons (Fsp3) is 0.778. The first-order valence-corrected chi connectivity index (χ1v) is 8.97. The zero-order chi connectivity index (χ0) is 12.7. The molecule has 98 valence electrons. The highest BCUT2D eigenvalue weighted by Gasteiger charge is 2.36. The second kappa shape index (κ2) is 7.44. The molecule has 0 aliphatic heterocycles. The van der Waals surface area contributed by atoms with Gasteiger partial charge in [-0.15, -0.1) is 10.2 Å². The van der Waals surface area contributed by atoms with Gasteiger partial charge in [0.1, 0.15) is 5.01 Å². The van der Waals surface area contributed by atoms with Gasteiger partial charge in [0, 0.05) is 33.1 Å². The molecule has 1 aromatic rings. The molecule has 0 N–H and O–H groups in total. The van der Waals surface area contributed by atoms with Crippen molar-refractivity contribution >= 4 is 31.9 Å². The maximum Gasteiger partial charge on any atom is 0.500 e. The average molecular weight is 294 g/mol. The molecular formula is C9H18N2O3S2Si. The fourth-order valence-electron chi connectivity index (χ4n) is 1.34. The van der Waals surface area contributed by atoms with Gasteiger partial charge in [-0.05, 0) is 13.3 Å². The summed E-state index contributed by atoms with van der Waals surface area (Å²) in [6.45, 7) is 1.96. The Bertz CT molecular complexity index is 326. The summed E-state index contributed by atoms with van der Waals surface area (Å²) in [4.78, 5) is 0. The average Bonchev–Trinajstić information content (AvgIpc) is 2.76. The molecule has 0 saturated carbocycles. The number of nitrogens with zero attached hydrogens (tertiary/aromatic N) is 2. The Balaban J connectivity index is 2.27. The Morgan fingerprint density at radius 2 is 1.82 bits per heavy atom. The van der Waals surface area contributed by atoms with Crippen LogP contribution in [0.1, 0.15) is 11.4 Å². The molecule has 0 fully saturated rings. The summed E-state index contributed by atoms with van der Waals surface area (Å²) in [6.07, 6.45) is 0.977. The van der Waals surface area contributed by atoms with Crippen LogP contribution < -0.4 is 0 Å². The summed E-state index contributed by atoms with van der Waals surface area (Å²) in [5.41, 5.74) is 0. The van der Waals surface area contributed by atoms with Crippen molar-refractivity contribution in [3.05, 3.63) is 5.01 Å². The lowest BCUT2D eigenvalue weighted by Gasteiger charge is -2.23. The van der Waals surface area contributed by atoms with Gasteiger partial charge in [-0.2, -0.15) is 0 Å². The predicted molar refractivity (Wildman–Crippen MR) is 71.6 cm³/mol. The molecule has 1 heterocycles. The lowest BCUT2D eigenvalue weighted by molar-refractivity contribution is 0.123. The van der Waals surface area contributed by atoms with Crippen LogP contribution in [0.2, 0.25) is 6.04 Å². The van der Waals surface area contributed by atoms with Crippen molar-refractivity contribution in [1.82, 2.24) is 10.2 Å². The van der Waals surface area contributed by atoms with E-state index in [9.17, 15) is 0 Å². The summed E-state index contributed by atoms with van der Waals surface area (Å²) in [5.74, 6) is 0.972. The maximum absolute atomic E-state index is 5.35. The third-order valence-electron chi connectivity index (χ3n) is 2.29. The van der Waals surface area contributed by atoms with Crippen LogP contribution in [0.25, 0.3) is 0 Å². The highest BCUT2D eigenvalue weighted by molar-refractivity contribution is 8.01. The van der Waals surface area contributed by atoms with Crippen LogP contribution in [0.3, 0.4) is 0 Å². The van der Waals surface area contributed by atoms with Crippen LogP contribution in [-0.2, 0) is 13.3 Å². The van der Waals surface area contributed by atoms with Crippen molar-refractivity contribution in [3.8, 4) is 0 Å². The van der Waals surface area contributed by atoms with Gasteiger partial charge in [-0.25, -0.2) is 0 Å². The van der Waals surface area contributed by atoms with Crippen LogP contribution >= 0.6 is 23.1 Å². The van der Waals surface area contributed by atoms with E-state index in [1.54, 1.807) is 44.4 Å². The van der Waals surface area contributed by atoms with Crippen molar-refractivity contribution in [2.24, 2.45) is 0 Å². The summed E-state index contributed by atoms with van der Waals surface area (Å²) in [6, 6.07) is 0.821. The number of thioether (sulfide) groups is 1. The van der Waals surface area contributed by atoms with Gasteiger partial charge in [0.15, 0.2) is 4.34 Å². The monoisotopic (exact) mass is 294 g/mol. The van der Waals surface area contributed by atoms with Crippen molar-refractivity contribution in [3.63, 3.8) is 0 Å². The van der Waals surface area contributed by atoms with Crippen LogP contribution in [-0.4, -0.2) is 46.1 Å². The predicted octanol–water partition coefficient (Wildman–Crippen LogP) is 2.21. The minimum Gasteiger partial charge on any atom is -0.377 e. The first-order chi connectivity index (χ1) is 8.15. The topological polar surface area (TPSA) is 53.5 Å². The van der Waals surface area contributed by atoms with E-state index in [4.69, 9.17) is 13.3 Å². The third-order valence-corrected chi connectivity index (χ3v) is 7.18. The zero-order valence-corrected chi connectivity index (χ0v) is 13.2. The van der Waals surface area contributed by atoms with Gasteiger partial charge < -0.3 is 13.3 Å². The van der Waals surface area contributed by atoms with E-state index in [2.05, 4.69) is 10.2 Å². The number of hydrogen-bond acceptors (Lipinski definition) is 7. The zero-order valence-electron chi connectivity index (χ0n) is 10.6. The SMILES string of the molecule is CO[Si](CCCSc1nnc(C)s1)(OC)OC. The van der Waals surface area contributed by atoms with Crippen molar-refractivity contribution < 1.29 is 13.3 Å². The molecule has 0 spiro atoms. The minimum absolute atomic E-state index is 0.821. The van der Waals surface area contributed by atoms with E-state index in [1.165, 1.54) is 0 Å². The highest BCUT2D eigenvalue weighted by atomic mass is 32.2. The molecule has 17 heavy (non-hydrogen) atoms. The first kappa shape index (κ1) is 15.1. The number of aryl methyl sites for hydroxylation is 1. The lowest BCUT2D eigenvalue weighted by Crippen LogP contribution is -2.42. The molecule has 0 saturated heterocycles. The first-order valence-electron chi connectivity index (χ1n) is 5.24. The molecule has 0 atom stereocenters. The minimum atomic E-state index is -2.40. The van der Waals surface area contributed by atoms with Crippen LogP contribution in [0.15, 0.2) is 4.34 Å². The Kier molecular flexibility index (Phi) is 6.60. The summed E-state index contributed by atoms with van der Waals surface area (Å²) in [7, 11) is 2.52. The second-order valence-corrected chi connectivity index (χ2v) is 8.95. The van der Waals surface area contributed by atoms with Crippen molar-refractivity contribution in [2.45, 2.75) is 23.7 Å². The van der Waals surface area contributed by atoms with Gasteiger partial charge in [-0.1, -0.05) is 23.1 Å². The van der Waals surface area contributed by atoms with Crippen LogP contribution in [0.5, 0.6) is 0 Å². The van der Waals surface area contributed by atoms with E-state index in [0.717, 1.165) is 27.6 Å². The van der Waals surface area contributed by atoms with E-state index in [-0.39, 0.29) is 0 Å². The molecule has 0 aromatic carbocycles. The summed E-state index contributed by atoms with van der Waals surface area (Å²) < 4.78 is 17.1. The molecule has 1 aromatic heterocycles. The second-order valence-electron chi connectivity index (χ2n) is 3.33. The fourth-order valence-corrected chi connectivity index (χ4v) is 5.14. The quantitative estimate of drug-likeness (QED) is 0.416. The molecule has 0 aliphatic carbocycles. The Morgan fingerprint density at radius 1 is 1.18 bits per heavy atom. The van der Waals surface area contributed by atoms with Crippen molar-refractivity contribution in [2.75, 3.05) is 27.1 Å². The Hall–Kier alpha value is 0.00688. The van der Waals surface area contributed by atoms with E-state index >= 15 is 0 Å². The smallest absolute Gasteiger partial charge is 0.377 e. The lowest BCUT2D eigenvalue weighted by atomic mass is 10.6. The number of hydrogen-bond donors (Lipinski definition) is 0. The number of aromatic nitrogens is 2. The molecule has 0 unspecified atom stereocenters. The largest absolute Gasteiger partial charge is 0.500 e. The molecule has 0 aliphatic rings. The molecule has 1 rings (SSSR count). The Labute approximate surface area is 111 Å². The van der Waals surface area contributed by atoms with E-state index < -0.39 is 8.80 Å². The van der Waals surface area contributed by atoms with Crippen LogP contribution in [0, 0.1) is 6.92 Å². The third kappa shape index (κ3) is 4.64. The summed E-state index contributed by atoms with van der Waals surface area (Å²) >= 11 is 3.34. The normalized spacial score (nSPS) is 12.0. The molecule has 8 heteroatoms. The summed E-state index contributed by atoms with van der Waals surface area (Å²) in [5, 5.41) is 9.04. The van der Waals surface area contributed by atoms with Crippen LogP contribution in [0.4, 0.5) is 0 Å². The van der Waals surface area contributed by atoms with Gasteiger partial charge in [0.05, 0.1) is 0 Å². The van der Waals surface area contributed by atoms with Gasteiger partial charge >= 0.3 is 8.80 Å². The molecule has 0 bridgehead atoms. The van der Waals surface area contributed by atoms with Crippen molar-refractivity contribution in [1.29, 1.82) is 0 Å². The van der Waals surface area contributed by atoms with E-state index in [1.807, 2.05) is 6.92 Å². The van der Waals surface area contributed by atoms with Gasteiger partial charge in [-0.3, -0.25) is 0 Å². The van der Waals surface area contributed by atoms with Gasteiger partial charge in [0.25, 0.3) is 0 Å². The number of rotatable bonds is 8.